The van der Waals surface area contributed by atoms with Gasteiger partial charge in [0, 0.05) is 18.7 Å². The number of aryl methyl sites for hydroxylation is 2. The Labute approximate surface area is 425 Å². The van der Waals surface area contributed by atoms with Crippen LogP contribution in [-0.2, 0) is 41.6 Å². The van der Waals surface area contributed by atoms with E-state index < -0.39 is 28.5 Å². The van der Waals surface area contributed by atoms with Crippen molar-refractivity contribution >= 4 is 81.2 Å². The largest absolute Gasteiger partial charge is 0.496 e. The summed E-state index contributed by atoms with van der Waals surface area (Å²) in [5.74, 6) is 0. The maximum atomic E-state index is 9.50. The van der Waals surface area contributed by atoms with Gasteiger partial charge in [0.25, 0.3) is 0 Å². The first kappa shape index (κ1) is 53.1. The molecule has 4 heterocycles. The normalized spacial score (nSPS) is 16.5. The van der Waals surface area contributed by atoms with Crippen LogP contribution >= 0.6 is 0 Å². The van der Waals surface area contributed by atoms with Crippen LogP contribution in [0.3, 0.4) is 0 Å². The predicted octanol–water partition coefficient (Wildman–Crippen LogP) is 5.25. The standard InChI is InChI=1S/C21H12B3N3O3.C13H16BNO2.C10H13BO2.C9H11BO2/c1-27-21-13-7-6-12-20(21)24-29-22(18-10-4-2-8-16(18)14-25)28-23(30-24)19-11-5-3-9-17(19)15-26;1-12(2)13(3,4)17-14(16-12)11-8-6-5-7-10(11)9-15;1-9-5-2-3-6-10(9)11-12-7-4-8-13-11;1-8-4-2-3-5-9(8)10-11-6-7-12-10/h2-13H;5-8H,1-4H3;2-3,5-6H,4,7-8H2,1H3;2-5H,6-7H2,1H3. The summed E-state index contributed by atoms with van der Waals surface area (Å²) in [7, 11) is -3.50. The summed E-state index contributed by atoms with van der Waals surface area (Å²) in [4.78, 5) is 3.55. The lowest BCUT2D eigenvalue weighted by atomic mass is 9.60. The molecule has 13 nitrogen and oxygen atoms in total. The van der Waals surface area contributed by atoms with E-state index in [1.807, 2.05) is 76.2 Å². The van der Waals surface area contributed by atoms with Crippen molar-refractivity contribution in [2.75, 3.05) is 26.4 Å². The second-order valence-electron chi connectivity index (χ2n) is 18.0. The lowest BCUT2D eigenvalue weighted by Crippen LogP contribution is -2.62. The monoisotopic (exact) mass is 954 g/mol. The fraction of sp³-hybridized carbons (Fsp3) is 0.245. The zero-order valence-corrected chi connectivity index (χ0v) is 41.3. The van der Waals surface area contributed by atoms with E-state index in [0.29, 0.717) is 52.0 Å². The Morgan fingerprint density at radius 3 is 1.12 bits per heavy atom. The third-order valence-electron chi connectivity index (χ3n) is 12.6. The van der Waals surface area contributed by atoms with Crippen LogP contribution in [0.25, 0.3) is 4.85 Å². The summed E-state index contributed by atoms with van der Waals surface area (Å²) in [6.07, 6.45) is 1.00. The van der Waals surface area contributed by atoms with Crippen LogP contribution in [0, 0.1) is 54.4 Å². The van der Waals surface area contributed by atoms with E-state index in [9.17, 15) is 10.5 Å². The van der Waals surface area contributed by atoms with E-state index in [-0.39, 0.29) is 25.4 Å². The molecule has 4 aliphatic heterocycles. The number of hydrogen-bond acceptors (Lipinski definition) is 12. The zero-order chi connectivity index (χ0) is 51.1. The Morgan fingerprint density at radius 1 is 0.417 bits per heavy atom. The van der Waals surface area contributed by atoms with Gasteiger partial charge in [-0.3, -0.25) is 0 Å². The van der Waals surface area contributed by atoms with Gasteiger partial charge in [0.2, 0.25) is 0 Å². The first-order valence-corrected chi connectivity index (χ1v) is 23.7. The molecule has 72 heavy (non-hydrogen) atoms. The molecule has 0 amide bonds. The first-order valence-electron chi connectivity index (χ1n) is 23.7. The minimum absolute atomic E-state index is 0.133. The van der Waals surface area contributed by atoms with Crippen molar-refractivity contribution in [1.29, 1.82) is 15.8 Å². The van der Waals surface area contributed by atoms with Crippen LogP contribution in [-0.4, -0.2) is 80.3 Å². The first-order chi connectivity index (χ1) is 34.9. The third kappa shape index (κ3) is 13.0. The number of hydrogen-bond donors (Lipinski definition) is 0. The molecule has 4 fully saturated rings. The van der Waals surface area contributed by atoms with E-state index in [4.69, 9.17) is 53.5 Å². The van der Waals surface area contributed by atoms with Gasteiger partial charge in [0.1, 0.15) is 0 Å². The van der Waals surface area contributed by atoms with Gasteiger partial charge < -0.3 is 41.6 Å². The molecule has 19 heteroatoms. The molecule has 4 aliphatic rings. The molecule has 0 bridgehead atoms. The Hall–Kier alpha value is -6.69. The highest BCUT2D eigenvalue weighted by atomic mass is 16.7. The second kappa shape index (κ2) is 25.1. The van der Waals surface area contributed by atoms with Crippen LogP contribution in [0.5, 0.6) is 0 Å². The SMILES string of the molecule is CC1(C)OB(c2ccccc2C#N)OC1(C)C.Cc1ccccc1B1OCCCO1.Cc1ccccc1B1OCCO1.[C-]#[N+]c1ccccc1B1OB(c2ccccc2C#N)OB(c2ccccc2C#N)O1. The summed E-state index contributed by atoms with van der Waals surface area (Å²) in [6, 6.07) is 51.1. The molecule has 4 saturated heterocycles. The average molecular weight is 954 g/mol. The van der Waals surface area contributed by atoms with Crippen molar-refractivity contribution in [3.05, 3.63) is 185 Å². The number of nitriles is 3. The van der Waals surface area contributed by atoms with Gasteiger partial charge >= 0.3 is 42.7 Å². The van der Waals surface area contributed by atoms with Crippen LogP contribution in [0.1, 0.15) is 61.9 Å². The van der Waals surface area contributed by atoms with E-state index in [1.165, 1.54) is 11.1 Å². The van der Waals surface area contributed by atoms with Crippen LogP contribution in [0.15, 0.2) is 146 Å². The molecule has 356 valence electrons. The second-order valence-corrected chi connectivity index (χ2v) is 18.0. The number of rotatable bonds is 6. The van der Waals surface area contributed by atoms with Crippen molar-refractivity contribution < 1.29 is 41.6 Å². The molecule has 0 aromatic heterocycles. The fourth-order valence-electron chi connectivity index (χ4n) is 7.95. The molecule has 6 aromatic carbocycles. The highest BCUT2D eigenvalue weighted by Crippen LogP contribution is 2.36. The van der Waals surface area contributed by atoms with E-state index >= 15 is 0 Å². The molecule has 0 N–H and O–H groups in total. The number of nitrogens with zero attached hydrogens (tertiary/aromatic N) is 4. The summed E-state index contributed by atoms with van der Waals surface area (Å²) in [5, 5.41) is 28.1. The maximum absolute atomic E-state index is 9.50. The smallest absolute Gasteiger partial charge is 0.445 e. The molecular formula is C53H52B6N4O9. The van der Waals surface area contributed by atoms with E-state index in [2.05, 4.69) is 55.1 Å². The van der Waals surface area contributed by atoms with Gasteiger partial charge in [0.15, 0.2) is 5.69 Å². The van der Waals surface area contributed by atoms with Crippen LogP contribution in [0.2, 0.25) is 0 Å². The molecule has 0 aliphatic carbocycles. The fourth-order valence-corrected chi connectivity index (χ4v) is 7.95. The summed E-state index contributed by atoms with van der Waals surface area (Å²) < 4.78 is 51.8. The van der Waals surface area contributed by atoms with Crippen LogP contribution in [0.4, 0.5) is 5.69 Å². The summed E-state index contributed by atoms with van der Waals surface area (Å²) >= 11 is 0. The molecule has 0 radical (unpaired) electrons. The average Bonchev–Trinajstić information content (AvgIpc) is 4.04. The lowest BCUT2D eigenvalue weighted by Gasteiger charge is -2.32. The zero-order valence-electron chi connectivity index (χ0n) is 41.3. The maximum Gasteiger partial charge on any atom is 0.496 e. The minimum Gasteiger partial charge on any atom is -0.445 e. The van der Waals surface area contributed by atoms with Crippen molar-refractivity contribution in [2.24, 2.45) is 0 Å². The number of benzene rings is 6. The quantitative estimate of drug-likeness (QED) is 0.158. The molecular weight excluding hydrogens is 901 g/mol. The van der Waals surface area contributed by atoms with E-state index in [1.54, 1.807) is 78.9 Å². The Bertz CT molecular complexity index is 2790. The van der Waals surface area contributed by atoms with Crippen molar-refractivity contribution in [3.63, 3.8) is 0 Å². The predicted molar refractivity (Wildman–Crippen MR) is 283 cm³/mol. The number of para-hydroxylation sites is 1. The van der Waals surface area contributed by atoms with Gasteiger partial charge in [-0.25, -0.2) is 4.85 Å². The van der Waals surface area contributed by atoms with Gasteiger partial charge in [-0.05, 0) is 93.5 Å². The van der Waals surface area contributed by atoms with Crippen molar-refractivity contribution in [1.82, 2.24) is 0 Å². The Morgan fingerprint density at radius 2 is 0.736 bits per heavy atom. The lowest BCUT2D eigenvalue weighted by molar-refractivity contribution is 0.00578. The Kier molecular flexibility index (Phi) is 18.5. The highest BCUT2D eigenvalue weighted by molar-refractivity contribution is 6.88. The van der Waals surface area contributed by atoms with Crippen molar-refractivity contribution in [2.45, 2.75) is 59.2 Å². The van der Waals surface area contributed by atoms with Crippen LogP contribution < -0.4 is 32.8 Å². The molecule has 0 spiro atoms. The third-order valence-corrected chi connectivity index (χ3v) is 12.6. The minimum atomic E-state index is -0.921. The Balaban J connectivity index is 0.000000153. The molecule has 0 saturated carbocycles. The molecule has 6 aromatic rings. The topological polar surface area (TPSA) is 159 Å². The van der Waals surface area contributed by atoms with E-state index in [0.717, 1.165) is 36.0 Å². The van der Waals surface area contributed by atoms with Gasteiger partial charge in [0.05, 0.1) is 65.9 Å². The summed E-state index contributed by atoms with van der Waals surface area (Å²) in [6.45, 7) is 22.6. The van der Waals surface area contributed by atoms with Gasteiger partial charge in [-0.2, -0.15) is 15.8 Å². The molecule has 0 atom stereocenters. The van der Waals surface area contributed by atoms with Gasteiger partial charge in [-0.1, -0.05) is 139 Å². The molecule has 0 unspecified atom stereocenters. The highest BCUT2D eigenvalue weighted by Gasteiger charge is 2.52. The van der Waals surface area contributed by atoms with Gasteiger partial charge in [-0.15, -0.1) is 0 Å². The molecule has 10 rings (SSSR count). The summed E-state index contributed by atoms with van der Waals surface area (Å²) in [5.41, 5.74) is 8.28. The van der Waals surface area contributed by atoms with Crippen molar-refractivity contribution in [3.8, 4) is 18.2 Å².